The minimum absolute atomic E-state index is 0. The second-order valence-corrected chi connectivity index (χ2v) is 2.54. The largest absolute Gasteiger partial charge is 1.00 e. The van der Waals surface area contributed by atoms with E-state index in [9.17, 15) is 0 Å². The minimum Gasteiger partial charge on any atom is -1.00 e. The zero-order valence-corrected chi connectivity index (χ0v) is 8.73. The third kappa shape index (κ3) is 1.95. The lowest BCUT2D eigenvalue weighted by Gasteiger charge is -2.03. The normalized spacial score (nSPS) is 18.7. The SMILES string of the molecule is C1=CC=C2C=C[NH2+]C=C2C=C1.[I-]. The van der Waals surface area contributed by atoms with E-state index in [-0.39, 0.29) is 24.0 Å². The average Bonchev–Trinajstić information content (AvgIpc) is 2.28. The molecule has 2 heteroatoms. The summed E-state index contributed by atoms with van der Waals surface area (Å²) in [5.41, 5.74) is 2.58. The average molecular weight is 271 g/mol. The number of rotatable bonds is 0. The highest BCUT2D eigenvalue weighted by molar-refractivity contribution is 5.50. The van der Waals surface area contributed by atoms with Gasteiger partial charge in [-0.3, -0.25) is 5.32 Å². The maximum atomic E-state index is 2.12. The van der Waals surface area contributed by atoms with Gasteiger partial charge in [0.25, 0.3) is 0 Å². The molecule has 0 saturated heterocycles. The lowest BCUT2D eigenvalue weighted by Crippen LogP contribution is -3.00. The molecule has 0 spiro atoms. The molecule has 2 N–H and O–H groups in total. The van der Waals surface area contributed by atoms with E-state index >= 15 is 0 Å². The summed E-state index contributed by atoms with van der Waals surface area (Å²) in [5.74, 6) is 0. The lowest BCUT2D eigenvalue weighted by atomic mass is 10.1. The van der Waals surface area contributed by atoms with E-state index in [1.807, 2.05) is 6.08 Å². The third-order valence-electron chi connectivity index (χ3n) is 1.77. The third-order valence-corrected chi connectivity index (χ3v) is 1.77. The summed E-state index contributed by atoms with van der Waals surface area (Å²) in [6.07, 6.45) is 16.7. The number of hydrogen-bond acceptors (Lipinski definition) is 0. The Morgan fingerprint density at radius 3 is 2.75 bits per heavy atom. The van der Waals surface area contributed by atoms with Crippen LogP contribution in [0.4, 0.5) is 0 Å². The van der Waals surface area contributed by atoms with Gasteiger partial charge in [0.2, 0.25) is 0 Å². The maximum absolute atomic E-state index is 2.12. The van der Waals surface area contributed by atoms with Crippen LogP contribution in [-0.2, 0) is 0 Å². The molecule has 0 aromatic heterocycles. The summed E-state index contributed by atoms with van der Waals surface area (Å²) in [4.78, 5) is 0. The second-order valence-electron chi connectivity index (χ2n) is 2.54. The molecular formula is C10H10IN. The molecule has 0 radical (unpaired) electrons. The molecule has 1 heterocycles. The number of allylic oxidation sites excluding steroid dienone is 8. The number of hydrogen-bond donors (Lipinski definition) is 1. The fraction of sp³-hybridized carbons (Fsp3) is 0. The first-order chi connectivity index (χ1) is 5.47. The number of quaternary nitrogens is 1. The predicted molar refractivity (Wildman–Crippen MR) is 45.5 cm³/mol. The molecule has 12 heavy (non-hydrogen) atoms. The van der Waals surface area contributed by atoms with Gasteiger partial charge in [-0.05, 0) is 17.7 Å². The summed E-state index contributed by atoms with van der Waals surface area (Å²) >= 11 is 0. The highest BCUT2D eigenvalue weighted by Gasteiger charge is 2.04. The van der Waals surface area contributed by atoms with E-state index in [1.165, 1.54) is 11.1 Å². The molecule has 0 atom stereocenters. The van der Waals surface area contributed by atoms with E-state index < -0.39 is 0 Å². The van der Waals surface area contributed by atoms with Gasteiger partial charge in [-0.15, -0.1) is 0 Å². The maximum Gasteiger partial charge on any atom is 0.105 e. The molecule has 0 bridgehead atoms. The van der Waals surface area contributed by atoms with Crippen LogP contribution in [-0.4, -0.2) is 0 Å². The number of fused-ring (bicyclic) bond motifs is 1. The van der Waals surface area contributed by atoms with Gasteiger partial charge >= 0.3 is 0 Å². The topological polar surface area (TPSA) is 16.6 Å². The molecule has 0 aromatic rings. The Kier molecular flexibility index (Phi) is 3.49. The van der Waals surface area contributed by atoms with Crippen LogP contribution in [0.3, 0.4) is 0 Å². The Balaban J connectivity index is 0.000000720. The van der Waals surface area contributed by atoms with Crippen LogP contribution >= 0.6 is 0 Å². The van der Waals surface area contributed by atoms with Crippen LogP contribution in [0.25, 0.3) is 0 Å². The van der Waals surface area contributed by atoms with Crippen molar-refractivity contribution in [2.75, 3.05) is 0 Å². The Morgan fingerprint density at radius 1 is 0.917 bits per heavy atom. The smallest absolute Gasteiger partial charge is 0.105 e. The monoisotopic (exact) mass is 271 g/mol. The summed E-state index contributed by atoms with van der Waals surface area (Å²) in [5, 5.41) is 2.06. The van der Waals surface area contributed by atoms with Crippen molar-refractivity contribution < 1.29 is 29.3 Å². The fourth-order valence-electron chi connectivity index (χ4n) is 1.20. The van der Waals surface area contributed by atoms with Gasteiger partial charge in [-0.1, -0.05) is 24.3 Å². The molecule has 1 nitrogen and oxygen atoms in total. The zero-order valence-electron chi connectivity index (χ0n) is 6.57. The van der Waals surface area contributed by atoms with E-state index in [0.29, 0.717) is 0 Å². The molecule has 1 aliphatic carbocycles. The van der Waals surface area contributed by atoms with Crippen molar-refractivity contribution in [3.05, 3.63) is 60.0 Å². The van der Waals surface area contributed by atoms with Crippen molar-refractivity contribution in [1.29, 1.82) is 0 Å². The van der Waals surface area contributed by atoms with Crippen LogP contribution < -0.4 is 29.3 Å². The van der Waals surface area contributed by atoms with Crippen LogP contribution in [0.2, 0.25) is 0 Å². The minimum atomic E-state index is 0. The molecular weight excluding hydrogens is 261 g/mol. The van der Waals surface area contributed by atoms with Crippen molar-refractivity contribution in [1.82, 2.24) is 0 Å². The van der Waals surface area contributed by atoms with Crippen molar-refractivity contribution in [3.63, 3.8) is 0 Å². The summed E-state index contributed by atoms with van der Waals surface area (Å²) in [6, 6.07) is 0. The number of halogens is 1. The van der Waals surface area contributed by atoms with Gasteiger partial charge in [-0.2, -0.15) is 0 Å². The van der Waals surface area contributed by atoms with Crippen molar-refractivity contribution in [2.24, 2.45) is 0 Å². The van der Waals surface area contributed by atoms with Crippen LogP contribution in [0.5, 0.6) is 0 Å². The Labute approximate surface area is 89.3 Å². The van der Waals surface area contributed by atoms with E-state index in [1.54, 1.807) is 0 Å². The standard InChI is InChI=1S/C10H9N.HI/c1-2-4-9-6-7-11-8-10(9)5-3-1;/h1-8,11H;1H. The van der Waals surface area contributed by atoms with Crippen LogP contribution in [0.15, 0.2) is 60.0 Å². The van der Waals surface area contributed by atoms with Crippen LogP contribution in [0.1, 0.15) is 0 Å². The molecule has 62 valence electrons. The van der Waals surface area contributed by atoms with Gasteiger partial charge in [0.05, 0.1) is 6.20 Å². The Bertz CT molecular complexity index is 306. The quantitative estimate of drug-likeness (QED) is 0.492. The Hall–Kier alpha value is -0.610. The van der Waals surface area contributed by atoms with Gasteiger partial charge < -0.3 is 24.0 Å². The van der Waals surface area contributed by atoms with E-state index in [4.69, 9.17) is 0 Å². The predicted octanol–water partition coefficient (Wildman–Crippen LogP) is -1.98. The molecule has 0 amide bonds. The fourth-order valence-corrected chi connectivity index (χ4v) is 1.20. The molecule has 0 unspecified atom stereocenters. The summed E-state index contributed by atoms with van der Waals surface area (Å²) in [6.45, 7) is 0. The Morgan fingerprint density at radius 2 is 1.83 bits per heavy atom. The molecule has 0 fully saturated rings. The zero-order chi connectivity index (χ0) is 7.52. The van der Waals surface area contributed by atoms with E-state index in [2.05, 4.69) is 48.1 Å². The van der Waals surface area contributed by atoms with Gasteiger partial charge in [0.15, 0.2) is 0 Å². The molecule has 2 aliphatic rings. The molecule has 0 saturated carbocycles. The van der Waals surface area contributed by atoms with Gasteiger partial charge in [-0.25, -0.2) is 0 Å². The number of nitrogens with two attached hydrogens (primary N) is 1. The first-order valence-electron chi connectivity index (χ1n) is 3.74. The van der Waals surface area contributed by atoms with Gasteiger partial charge in [0, 0.05) is 5.57 Å². The van der Waals surface area contributed by atoms with E-state index in [0.717, 1.165) is 0 Å². The van der Waals surface area contributed by atoms with Crippen molar-refractivity contribution in [2.45, 2.75) is 0 Å². The molecule has 0 aromatic carbocycles. The van der Waals surface area contributed by atoms with Crippen molar-refractivity contribution in [3.8, 4) is 0 Å². The summed E-state index contributed by atoms with van der Waals surface area (Å²) < 4.78 is 0. The lowest BCUT2D eigenvalue weighted by molar-refractivity contribution is -0.515. The first kappa shape index (κ1) is 9.48. The highest BCUT2D eigenvalue weighted by Crippen LogP contribution is 2.15. The van der Waals surface area contributed by atoms with Crippen molar-refractivity contribution >= 4 is 0 Å². The molecule has 2 rings (SSSR count). The molecule has 1 aliphatic heterocycles. The first-order valence-corrected chi connectivity index (χ1v) is 3.74. The second kappa shape index (κ2) is 4.42. The highest BCUT2D eigenvalue weighted by atomic mass is 127. The summed E-state index contributed by atoms with van der Waals surface area (Å²) in [7, 11) is 0. The van der Waals surface area contributed by atoms with Crippen LogP contribution in [0, 0.1) is 0 Å². The van der Waals surface area contributed by atoms with Gasteiger partial charge in [0.1, 0.15) is 6.20 Å².